The van der Waals surface area contributed by atoms with Crippen molar-refractivity contribution >= 4 is 15.7 Å². The van der Waals surface area contributed by atoms with Crippen molar-refractivity contribution in [3.63, 3.8) is 0 Å². The van der Waals surface area contributed by atoms with Crippen LogP contribution in [0, 0.1) is 6.92 Å². The van der Waals surface area contributed by atoms with Gasteiger partial charge in [-0.1, -0.05) is 24.3 Å². The normalized spacial score (nSPS) is 11.3. The molecule has 0 aliphatic rings. The highest BCUT2D eigenvalue weighted by Gasteiger charge is 2.04. The molecule has 2 aromatic rings. The van der Waals surface area contributed by atoms with Crippen LogP contribution < -0.4 is 5.32 Å². The third-order valence-electron chi connectivity index (χ3n) is 2.73. The summed E-state index contributed by atoms with van der Waals surface area (Å²) in [5.74, 6) is 0.851. The van der Waals surface area contributed by atoms with Crippen molar-refractivity contribution in [2.24, 2.45) is 0 Å². The van der Waals surface area contributed by atoms with Gasteiger partial charge in [0.1, 0.15) is 12.1 Å². The molecule has 5 nitrogen and oxygen atoms in total. The minimum Gasteiger partial charge on any atom is -0.366 e. The molecule has 0 aliphatic heterocycles. The lowest BCUT2D eigenvalue weighted by Crippen LogP contribution is -2.03. The molecule has 1 N–H and O–H groups in total. The molecule has 0 unspecified atom stereocenters. The first-order chi connectivity index (χ1) is 9.42. The van der Waals surface area contributed by atoms with Crippen molar-refractivity contribution in [3.05, 3.63) is 53.5 Å². The quantitative estimate of drug-likeness (QED) is 0.911. The van der Waals surface area contributed by atoms with Gasteiger partial charge in [0.25, 0.3) is 0 Å². The molecule has 106 valence electrons. The van der Waals surface area contributed by atoms with Gasteiger partial charge in [-0.15, -0.1) is 0 Å². The molecular weight excluding hydrogens is 274 g/mol. The summed E-state index contributed by atoms with van der Waals surface area (Å²) in [5, 5.41) is 3.20. The van der Waals surface area contributed by atoms with Gasteiger partial charge >= 0.3 is 0 Å². The lowest BCUT2D eigenvalue weighted by molar-refractivity contribution is 0.601. The second-order valence-corrected chi connectivity index (χ2v) is 6.92. The van der Waals surface area contributed by atoms with Crippen LogP contribution >= 0.6 is 0 Å². The van der Waals surface area contributed by atoms with E-state index in [-0.39, 0.29) is 5.75 Å². The maximum atomic E-state index is 11.2. The van der Waals surface area contributed by atoms with Crippen LogP contribution in [0.3, 0.4) is 0 Å². The Kier molecular flexibility index (Phi) is 4.34. The molecule has 1 aromatic heterocycles. The first-order valence-electron chi connectivity index (χ1n) is 6.20. The van der Waals surface area contributed by atoms with Crippen LogP contribution in [0.2, 0.25) is 0 Å². The molecule has 0 fully saturated rings. The second kappa shape index (κ2) is 6.00. The van der Waals surface area contributed by atoms with Crippen LogP contribution in [-0.2, 0) is 22.1 Å². The van der Waals surface area contributed by atoms with Gasteiger partial charge in [0.15, 0.2) is 9.84 Å². The van der Waals surface area contributed by atoms with E-state index in [1.807, 2.05) is 37.3 Å². The molecule has 0 radical (unpaired) electrons. The molecule has 1 heterocycles. The fourth-order valence-corrected chi connectivity index (χ4v) is 2.60. The van der Waals surface area contributed by atoms with E-state index in [1.165, 1.54) is 12.6 Å². The molecule has 0 spiro atoms. The van der Waals surface area contributed by atoms with E-state index in [0.29, 0.717) is 6.54 Å². The predicted octanol–water partition coefficient (Wildman–Crippen LogP) is 1.94. The molecule has 0 bridgehead atoms. The van der Waals surface area contributed by atoms with Crippen LogP contribution in [0.4, 0.5) is 5.82 Å². The summed E-state index contributed by atoms with van der Waals surface area (Å²) >= 11 is 0. The molecule has 20 heavy (non-hydrogen) atoms. The van der Waals surface area contributed by atoms with Crippen molar-refractivity contribution in [2.45, 2.75) is 19.2 Å². The lowest BCUT2D eigenvalue weighted by Gasteiger charge is -2.07. The zero-order valence-electron chi connectivity index (χ0n) is 11.5. The number of sulfone groups is 1. The van der Waals surface area contributed by atoms with Gasteiger partial charge in [-0.2, -0.15) is 0 Å². The fourth-order valence-electron chi connectivity index (χ4n) is 1.80. The molecule has 0 atom stereocenters. The number of hydrogen-bond acceptors (Lipinski definition) is 5. The number of rotatable bonds is 5. The number of anilines is 1. The molecule has 2 rings (SSSR count). The molecular formula is C14H17N3O2S. The summed E-state index contributed by atoms with van der Waals surface area (Å²) in [6, 6.07) is 9.38. The molecule has 6 heteroatoms. The third-order valence-corrected chi connectivity index (χ3v) is 3.59. The van der Waals surface area contributed by atoms with Crippen molar-refractivity contribution in [3.8, 4) is 0 Å². The second-order valence-electron chi connectivity index (χ2n) is 4.78. The number of aromatic nitrogens is 2. The summed E-state index contributed by atoms with van der Waals surface area (Å²) < 4.78 is 22.4. The maximum Gasteiger partial charge on any atom is 0.151 e. The van der Waals surface area contributed by atoms with Crippen molar-refractivity contribution < 1.29 is 8.42 Å². The van der Waals surface area contributed by atoms with Gasteiger partial charge in [-0.05, 0) is 18.1 Å². The first kappa shape index (κ1) is 14.5. The topological polar surface area (TPSA) is 72.0 Å². The molecule has 0 saturated carbocycles. The number of nitrogens with zero attached hydrogens (tertiary/aromatic N) is 2. The van der Waals surface area contributed by atoms with E-state index >= 15 is 0 Å². The predicted molar refractivity (Wildman–Crippen MR) is 79.1 cm³/mol. The Morgan fingerprint density at radius 2 is 1.75 bits per heavy atom. The number of hydrogen-bond donors (Lipinski definition) is 1. The smallest absolute Gasteiger partial charge is 0.151 e. The lowest BCUT2D eigenvalue weighted by atomic mass is 10.1. The van der Waals surface area contributed by atoms with Crippen molar-refractivity contribution in [1.29, 1.82) is 0 Å². The molecule has 1 aromatic carbocycles. The van der Waals surface area contributed by atoms with Gasteiger partial charge < -0.3 is 5.32 Å². The first-order valence-corrected chi connectivity index (χ1v) is 8.26. The summed E-state index contributed by atoms with van der Waals surface area (Å²) in [5.41, 5.74) is 2.78. The summed E-state index contributed by atoms with van der Waals surface area (Å²) in [6.45, 7) is 2.54. The average molecular weight is 291 g/mol. The van der Waals surface area contributed by atoms with Crippen LogP contribution in [0.1, 0.15) is 16.8 Å². The summed E-state index contributed by atoms with van der Waals surface area (Å²) in [6.07, 6.45) is 2.76. The van der Waals surface area contributed by atoms with E-state index < -0.39 is 9.84 Å². The van der Waals surface area contributed by atoms with Crippen LogP contribution in [0.15, 0.2) is 36.7 Å². The Morgan fingerprint density at radius 1 is 1.10 bits per heavy atom. The van der Waals surface area contributed by atoms with E-state index in [1.54, 1.807) is 0 Å². The van der Waals surface area contributed by atoms with Crippen molar-refractivity contribution in [1.82, 2.24) is 9.97 Å². The third kappa shape index (κ3) is 4.62. The SMILES string of the molecule is Cc1cc(NCc2ccc(CS(C)(=O)=O)cc2)ncn1. The van der Waals surface area contributed by atoms with Gasteiger partial charge in [-0.3, -0.25) is 0 Å². The minimum absolute atomic E-state index is 0.0752. The Labute approximate surface area is 119 Å². The van der Waals surface area contributed by atoms with Gasteiger partial charge in [0.2, 0.25) is 0 Å². The molecule has 0 saturated heterocycles. The number of benzene rings is 1. The zero-order valence-corrected chi connectivity index (χ0v) is 12.3. The Balaban J connectivity index is 1.97. The largest absolute Gasteiger partial charge is 0.366 e. The highest BCUT2D eigenvalue weighted by molar-refractivity contribution is 7.89. The average Bonchev–Trinajstić information content (AvgIpc) is 2.36. The van der Waals surface area contributed by atoms with Crippen molar-refractivity contribution in [2.75, 3.05) is 11.6 Å². The van der Waals surface area contributed by atoms with E-state index in [0.717, 1.165) is 22.6 Å². The molecule has 0 amide bonds. The standard InChI is InChI=1S/C14H17N3O2S/c1-11-7-14(17-10-16-11)15-8-12-3-5-13(6-4-12)9-20(2,18)19/h3-7,10H,8-9H2,1-2H3,(H,15,16,17). The van der Waals surface area contributed by atoms with Crippen LogP contribution in [0.5, 0.6) is 0 Å². The van der Waals surface area contributed by atoms with E-state index in [2.05, 4.69) is 15.3 Å². The monoisotopic (exact) mass is 291 g/mol. The van der Waals surface area contributed by atoms with Crippen LogP contribution in [0.25, 0.3) is 0 Å². The van der Waals surface area contributed by atoms with Crippen LogP contribution in [-0.4, -0.2) is 24.6 Å². The highest BCUT2D eigenvalue weighted by atomic mass is 32.2. The Hall–Kier alpha value is -1.95. The fraction of sp³-hybridized carbons (Fsp3) is 0.286. The number of aryl methyl sites for hydroxylation is 1. The highest BCUT2D eigenvalue weighted by Crippen LogP contribution is 2.10. The summed E-state index contributed by atoms with van der Waals surface area (Å²) in [7, 11) is -2.98. The zero-order chi connectivity index (χ0) is 14.6. The van der Waals surface area contributed by atoms with Gasteiger partial charge in [0.05, 0.1) is 5.75 Å². The summed E-state index contributed by atoms with van der Waals surface area (Å²) in [4.78, 5) is 8.15. The number of nitrogens with one attached hydrogen (secondary N) is 1. The van der Waals surface area contributed by atoms with Gasteiger partial charge in [-0.25, -0.2) is 18.4 Å². The maximum absolute atomic E-state index is 11.2. The Bertz CT molecular complexity index is 682. The molecule has 0 aliphatic carbocycles. The van der Waals surface area contributed by atoms with E-state index in [4.69, 9.17) is 0 Å². The Morgan fingerprint density at radius 3 is 2.35 bits per heavy atom. The minimum atomic E-state index is -2.98. The van der Waals surface area contributed by atoms with Gasteiger partial charge in [0, 0.05) is 24.6 Å². The van der Waals surface area contributed by atoms with E-state index in [9.17, 15) is 8.42 Å².